The van der Waals surface area contributed by atoms with Gasteiger partial charge in [-0.25, -0.2) is 0 Å². The van der Waals surface area contributed by atoms with Crippen LogP contribution in [-0.2, 0) is 9.59 Å². The summed E-state index contributed by atoms with van der Waals surface area (Å²) in [6, 6.07) is 12.6. The number of methoxy groups -OCH3 is 1. The molecule has 2 N–H and O–H groups in total. The van der Waals surface area contributed by atoms with Crippen molar-refractivity contribution < 1.29 is 23.8 Å². The monoisotopic (exact) mass is 372 g/mol. The van der Waals surface area contributed by atoms with Crippen LogP contribution in [0.3, 0.4) is 0 Å². The van der Waals surface area contributed by atoms with Crippen molar-refractivity contribution in [2.45, 2.75) is 26.9 Å². The highest BCUT2D eigenvalue weighted by Gasteiger charge is 2.17. The number of hydrazine groups is 1. The maximum atomic E-state index is 12.1. The minimum absolute atomic E-state index is 0.216. The van der Waals surface area contributed by atoms with E-state index in [2.05, 4.69) is 10.9 Å². The normalized spacial score (nSPS) is 11.3. The second-order valence-electron chi connectivity index (χ2n) is 5.94. The van der Waals surface area contributed by atoms with Gasteiger partial charge in [-0.15, -0.1) is 0 Å². The molecule has 2 aromatic rings. The summed E-state index contributed by atoms with van der Waals surface area (Å²) >= 11 is 0. The Morgan fingerprint density at radius 2 is 1.63 bits per heavy atom. The molecule has 27 heavy (non-hydrogen) atoms. The molecule has 2 amide bonds. The van der Waals surface area contributed by atoms with Gasteiger partial charge < -0.3 is 14.2 Å². The number of benzene rings is 2. The van der Waals surface area contributed by atoms with Crippen molar-refractivity contribution in [3.05, 3.63) is 53.6 Å². The molecule has 0 fully saturated rings. The van der Waals surface area contributed by atoms with E-state index in [0.717, 1.165) is 11.1 Å². The molecular formula is C20H24N2O5. The quantitative estimate of drug-likeness (QED) is 0.729. The third-order valence-electron chi connectivity index (χ3n) is 3.98. The van der Waals surface area contributed by atoms with Crippen molar-refractivity contribution >= 4 is 11.8 Å². The first-order valence-corrected chi connectivity index (χ1v) is 8.49. The lowest BCUT2D eigenvalue weighted by molar-refractivity contribution is -0.133. The lowest BCUT2D eigenvalue weighted by Crippen LogP contribution is -2.48. The number of hydrogen-bond donors (Lipinski definition) is 2. The van der Waals surface area contributed by atoms with Crippen LogP contribution in [0.15, 0.2) is 42.5 Å². The highest BCUT2D eigenvalue weighted by atomic mass is 16.5. The van der Waals surface area contributed by atoms with Gasteiger partial charge in [-0.3, -0.25) is 20.4 Å². The predicted molar refractivity (Wildman–Crippen MR) is 101 cm³/mol. The van der Waals surface area contributed by atoms with Crippen molar-refractivity contribution in [2.24, 2.45) is 0 Å². The molecule has 0 bridgehead atoms. The molecule has 144 valence electrons. The van der Waals surface area contributed by atoms with Crippen molar-refractivity contribution in [2.75, 3.05) is 13.7 Å². The Kier molecular flexibility index (Phi) is 7.05. The molecule has 0 saturated carbocycles. The third-order valence-corrected chi connectivity index (χ3v) is 3.98. The fourth-order valence-corrected chi connectivity index (χ4v) is 2.25. The maximum Gasteiger partial charge on any atom is 0.279 e. The Labute approximate surface area is 158 Å². The van der Waals surface area contributed by atoms with Crippen molar-refractivity contribution in [1.82, 2.24) is 10.9 Å². The Balaban J connectivity index is 1.80. The first kappa shape index (κ1) is 20.1. The fourth-order valence-electron chi connectivity index (χ4n) is 2.25. The molecular weight excluding hydrogens is 348 g/mol. The Hall–Kier alpha value is -3.22. The van der Waals surface area contributed by atoms with Gasteiger partial charge in [-0.2, -0.15) is 0 Å². The molecule has 2 rings (SSSR count). The lowest BCUT2D eigenvalue weighted by Gasteiger charge is -2.17. The summed E-state index contributed by atoms with van der Waals surface area (Å²) in [5, 5.41) is 0. The summed E-state index contributed by atoms with van der Waals surface area (Å²) in [7, 11) is 1.52. The number of para-hydroxylation sites is 2. The van der Waals surface area contributed by atoms with Crippen LogP contribution >= 0.6 is 0 Å². The zero-order chi connectivity index (χ0) is 19.8. The number of amides is 2. The van der Waals surface area contributed by atoms with Crippen LogP contribution in [0.1, 0.15) is 18.1 Å². The standard InChI is InChI=1S/C20H24N2O5/c1-13-8-7-11-16(14(13)2)26-12-19(23)21-22-20(24)15(3)27-18-10-6-5-9-17(18)25-4/h5-11,15H,12H2,1-4H3,(H,21,23)(H,22,24). The van der Waals surface area contributed by atoms with Crippen molar-refractivity contribution in [3.8, 4) is 17.2 Å². The fraction of sp³-hybridized carbons (Fsp3) is 0.300. The van der Waals surface area contributed by atoms with Crippen LogP contribution in [0, 0.1) is 13.8 Å². The number of carbonyl (C=O) groups is 2. The second-order valence-corrected chi connectivity index (χ2v) is 5.94. The summed E-state index contributed by atoms with van der Waals surface area (Å²) in [6.45, 7) is 5.24. The van der Waals surface area contributed by atoms with E-state index in [1.807, 2.05) is 26.0 Å². The summed E-state index contributed by atoms with van der Waals surface area (Å²) in [4.78, 5) is 24.0. The number of rotatable bonds is 7. The highest BCUT2D eigenvalue weighted by molar-refractivity contribution is 5.85. The summed E-state index contributed by atoms with van der Waals surface area (Å²) < 4.78 is 16.2. The van der Waals surface area contributed by atoms with E-state index in [0.29, 0.717) is 17.2 Å². The van der Waals surface area contributed by atoms with Gasteiger partial charge in [0.25, 0.3) is 11.8 Å². The van der Waals surface area contributed by atoms with E-state index in [4.69, 9.17) is 14.2 Å². The molecule has 1 unspecified atom stereocenters. The molecule has 0 aliphatic rings. The van der Waals surface area contributed by atoms with Crippen molar-refractivity contribution in [1.29, 1.82) is 0 Å². The van der Waals surface area contributed by atoms with Gasteiger partial charge >= 0.3 is 0 Å². The van der Waals surface area contributed by atoms with E-state index >= 15 is 0 Å². The van der Waals surface area contributed by atoms with E-state index in [9.17, 15) is 9.59 Å². The van der Waals surface area contributed by atoms with Crippen LogP contribution < -0.4 is 25.1 Å². The van der Waals surface area contributed by atoms with Crippen LogP contribution in [0.2, 0.25) is 0 Å². The van der Waals surface area contributed by atoms with Crippen LogP contribution in [-0.4, -0.2) is 31.6 Å². The molecule has 0 aromatic heterocycles. The Bertz CT molecular complexity index is 807. The molecule has 1 atom stereocenters. The minimum Gasteiger partial charge on any atom is -0.493 e. The molecule has 7 heteroatoms. The SMILES string of the molecule is COc1ccccc1OC(C)C(=O)NNC(=O)COc1cccc(C)c1C. The average molecular weight is 372 g/mol. The summed E-state index contributed by atoms with van der Waals surface area (Å²) in [5.41, 5.74) is 6.66. The smallest absolute Gasteiger partial charge is 0.279 e. The van der Waals surface area contributed by atoms with E-state index < -0.39 is 17.9 Å². The molecule has 0 heterocycles. The Morgan fingerprint density at radius 3 is 2.33 bits per heavy atom. The van der Waals surface area contributed by atoms with Gasteiger partial charge in [0.2, 0.25) is 0 Å². The zero-order valence-electron chi connectivity index (χ0n) is 15.9. The Morgan fingerprint density at radius 1 is 0.963 bits per heavy atom. The molecule has 2 aromatic carbocycles. The highest BCUT2D eigenvalue weighted by Crippen LogP contribution is 2.26. The van der Waals surface area contributed by atoms with Crippen LogP contribution in [0.5, 0.6) is 17.2 Å². The number of ether oxygens (including phenoxy) is 3. The third kappa shape index (κ3) is 5.64. The van der Waals surface area contributed by atoms with Crippen LogP contribution in [0.25, 0.3) is 0 Å². The number of carbonyl (C=O) groups excluding carboxylic acids is 2. The first-order chi connectivity index (χ1) is 12.9. The van der Waals surface area contributed by atoms with Crippen LogP contribution in [0.4, 0.5) is 0 Å². The first-order valence-electron chi connectivity index (χ1n) is 8.49. The van der Waals surface area contributed by atoms with Gasteiger partial charge in [0.05, 0.1) is 7.11 Å². The minimum atomic E-state index is -0.832. The molecule has 0 saturated heterocycles. The van der Waals surface area contributed by atoms with E-state index in [1.54, 1.807) is 37.3 Å². The molecule has 0 aliphatic heterocycles. The maximum absolute atomic E-state index is 12.1. The van der Waals surface area contributed by atoms with Gasteiger partial charge in [0.15, 0.2) is 24.2 Å². The number of nitrogens with one attached hydrogen (secondary N) is 2. The molecule has 0 radical (unpaired) electrons. The topological polar surface area (TPSA) is 85.9 Å². The summed E-state index contributed by atoms with van der Waals surface area (Å²) in [6.07, 6.45) is -0.832. The van der Waals surface area contributed by atoms with Crippen molar-refractivity contribution in [3.63, 3.8) is 0 Å². The average Bonchev–Trinajstić information content (AvgIpc) is 2.67. The van der Waals surface area contributed by atoms with Gasteiger partial charge in [-0.1, -0.05) is 24.3 Å². The molecule has 7 nitrogen and oxygen atoms in total. The number of aryl methyl sites for hydroxylation is 1. The van der Waals surface area contributed by atoms with E-state index in [1.165, 1.54) is 7.11 Å². The molecule has 0 aliphatic carbocycles. The largest absolute Gasteiger partial charge is 0.493 e. The number of hydrogen-bond acceptors (Lipinski definition) is 5. The van der Waals surface area contributed by atoms with Gasteiger partial charge in [0.1, 0.15) is 5.75 Å². The van der Waals surface area contributed by atoms with Gasteiger partial charge in [-0.05, 0) is 50.1 Å². The second kappa shape index (κ2) is 9.47. The van der Waals surface area contributed by atoms with E-state index in [-0.39, 0.29) is 6.61 Å². The van der Waals surface area contributed by atoms with Gasteiger partial charge in [0, 0.05) is 0 Å². The predicted octanol–water partition coefficient (Wildman–Crippen LogP) is 2.31. The lowest BCUT2D eigenvalue weighted by atomic mass is 10.1. The zero-order valence-corrected chi connectivity index (χ0v) is 15.9. The summed E-state index contributed by atoms with van der Waals surface area (Å²) in [5.74, 6) is 0.606. The molecule has 0 spiro atoms.